The third kappa shape index (κ3) is 4.02. The van der Waals surface area contributed by atoms with Crippen LogP contribution in [0.15, 0.2) is 18.2 Å². The Morgan fingerprint density at radius 2 is 1.76 bits per heavy atom. The highest BCUT2D eigenvalue weighted by Crippen LogP contribution is 2.60. The molecule has 0 amide bonds. The van der Waals surface area contributed by atoms with Crippen LogP contribution in [0.1, 0.15) is 49.7 Å². The molecule has 3 nitrogen and oxygen atoms in total. The topological polar surface area (TPSA) is 35.5 Å². The van der Waals surface area contributed by atoms with E-state index < -0.39 is 16.6 Å². The standard InChI is InChI=1S/C24H38O3Si2/c1-24-13-12-19-18-11-9-17(26-28(2,3)4)14-16(18)8-10-20(19)23(24)21(15-22(24)25)27-29(5,6)7/h9,11,14,19-21,23H,8,10,12-13,15H2,1-7H3/t19-,20-,21?,23-,24-/m1/s1. The molecule has 1 aromatic carbocycles. The summed E-state index contributed by atoms with van der Waals surface area (Å²) < 4.78 is 12.9. The number of hydrogen-bond donors (Lipinski definition) is 0. The number of hydrogen-bond acceptors (Lipinski definition) is 3. The van der Waals surface area contributed by atoms with Crippen molar-refractivity contribution >= 4 is 22.4 Å². The van der Waals surface area contributed by atoms with Gasteiger partial charge in [0.05, 0.1) is 6.10 Å². The Bertz CT molecular complexity index is 807. The Morgan fingerprint density at radius 3 is 2.41 bits per heavy atom. The van der Waals surface area contributed by atoms with Crippen LogP contribution in [0.4, 0.5) is 0 Å². The molecule has 2 fully saturated rings. The van der Waals surface area contributed by atoms with E-state index in [4.69, 9.17) is 8.85 Å². The molecule has 1 unspecified atom stereocenters. The number of aryl methyl sites for hydroxylation is 1. The van der Waals surface area contributed by atoms with Crippen LogP contribution in [0, 0.1) is 17.3 Å². The number of carbonyl (C=O) groups is 1. The summed E-state index contributed by atoms with van der Waals surface area (Å²) in [5.41, 5.74) is 2.80. The molecule has 0 radical (unpaired) electrons. The van der Waals surface area contributed by atoms with Crippen LogP contribution in [-0.2, 0) is 15.6 Å². The van der Waals surface area contributed by atoms with E-state index in [1.54, 1.807) is 0 Å². The first-order valence-corrected chi connectivity index (χ1v) is 18.2. The van der Waals surface area contributed by atoms with Gasteiger partial charge in [-0.25, -0.2) is 0 Å². The lowest BCUT2D eigenvalue weighted by atomic mass is 9.55. The van der Waals surface area contributed by atoms with Crippen molar-refractivity contribution in [1.82, 2.24) is 0 Å². The van der Waals surface area contributed by atoms with Gasteiger partial charge in [0.25, 0.3) is 0 Å². The van der Waals surface area contributed by atoms with E-state index in [0.717, 1.165) is 25.0 Å². The zero-order valence-corrected chi connectivity index (χ0v) is 21.3. The molecule has 0 spiro atoms. The quantitative estimate of drug-likeness (QED) is 0.537. The van der Waals surface area contributed by atoms with E-state index in [0.29, 0.717) is 30.0 Å². The molecular weight excluding hydrogens is 392 g/mol. The number of fused-ring (bicyclic) bond motifs is 5. The Morgan fingerprint density at radius 1 is 1.03 bits per heavy atom. The monoisotopic (exact) mass is 430 g/mol. The summed E-state index contributed by atoms with van der Waals surface area (Å²) in [6.07, 6.45) is 5.17. The summed E-state index contributed by atoms with van der Waals surface area (Å²) in [5.74, 6) is 3.01. The van der Waals surface area contributed by atoms with Crippen molar-refractivity contribution in [2.24, 2.45) is 17.3 Å². The van der Waals surface area contributed by atoms with E-state index >= 15 is 0 Å². The van der Waals surface area contributed by atoms with Crippen LogP contribution in [0.5, 0.6) is 5.75 Å². The first-order chi connectivity index (χ1) is 13.4. The minimum absolute atomic E-state index is 0.128. The number of carbonyl (C=O) groups excluding carboxylic acids is 1. The summed E-state index contributed by atoms with van der Waals surface area (Å²) in [7, 11) is -3.28. The van der Waals surface area contributed by atoms with Gasteiger partial charge in [-0.05, 0) is 106 Å². The Labute approximate surface area is 178 Å². The third-order valence-corrected chi connectivity index (χ3v) is 9.16. The summed E-state index contributed by atoms with van der Waals surface area (Å²) >= 11 is 0. The van der Waals surface area contributed by atoms with Crippen molar-refractivity contribution in [2.45, 2.75) is 90.3 Å². The van der Waals surface area contributed by atoms with Crippen molar-refractivity contribution in [1.29, 1.82) is 0 Å². The fraction of sp³-hybridized carbons (Fsp3) is 0.708. The molecule has 0 aliphatic heterocycles. The van der Waals surface area contributed by atoms with Gasteiger partial charge in [-0.2, -0.15) is 0 Å². The zero-order valence-electron chi connectivity index (χ0n) is 19.3. The Hall–Kier alpha value is -0.916. The van der Waals surface area contributed by atoms with E-state index in [1.807, 2.05) is 0 Å². The van der Waals surface area contributed by atoms with Crippen molar-refractivity contribution < 1.29 is 13.6 Å². The molecule has 3 aliphatic rings. The smallest absolute Gasteiger partial charge is 0.242 e. The van der Waals surface area contributed by atoms with Crippen molar-refractivity contribution in [3.05, 3.63) is 29.3 Å². The van der Waals surface area contributed by atoms with Crippen molar-refractivity contribution in [3.8, 4) is 5.75 Å². The third-order valence-electron chi connectivity index (χ3n) is 7.30. The van der Waals surface area contributed by atoms with Gasteiger partial charge in [-0.15, -0.1) is 0 Å². The summed E-state index contributed by atoms with van der Waals surface area (Å²) in [6, 6.07) is 6.81. The van der Waals surface area contributed by atoms with Gasteiger partial charge in [0.15, 0.2) is 8.32 Å². The maximum Gasteiger partial charge on any atom is 0.242 e. The van der Waals surface area contributed by atoms with Crippen molar-refractivity contribution in [2.75, 3.05) is 0 Å². The van der Waals surface area contributed by atoms with Gasteiger partial charge in [-0.1, -0.05) is 13.0 Å². The van der Waals surface area contributed by atoms with Crippen LogP contribution < -0.4 is 4.43 Å². The van der Waals surface area contributed by atoms with E-state index in [2.05, 4.69) is 64.4 Å². The van der Waals surface area contributed by atoms with Gasteiger partial charge in [-0.3, -0.25) is 4.79 Å². The number of benzene rings is 1. The molecule has 0 bridgehead atoms. The second kappa shape index (κ2) is 7.06. The fourth-order valence-electron chi connectivity index (χ4n) is 6.35. The highest BCUT2D eigenvalue weighted by molar-refractivity contribution is 6.70. The van der Waals surface area contributed by atoms with Crippen LogP contribution in [0.3, 0.4) is 0 Å². The largest absolute Gasteiger partial charge is 0.544 e. The maximum absolute atomic E-state index is 13.0. The van der Waals surface area contributed by atoms with Crippen LogP contribution in [0.25, 0.3) is 0 Å². The van der Waals surface area contributed by atoms with E-state index in [-0.39, 0.29) is 11.5 Å². The second-order valence-corrected chi connectivity index (χ2v) is 20.7. The highest BCUT2D eigenvalue weighted by atomic mass is 28.4. The molecular formula is C24H38O3Si2. The van der Waals surface area contributed by atoms with Gasteiger partial charge >= 0.3 is 0 Å². The molecule has 5 atom stereocenters. The van der Waals surface area contributed by atoms with Gasteiger partial charge in [0.1, 0.15) is 11.5 Å². The average Bonchev–Trinajstić information content (AvgIpc) is 2.81. The minimum atomic E-state index is -1.68. The van der Waals surface area contributed by atoms with Crippen LogP contribution in [-0.4, -0.2) is 28.5 Å². The summed E-state index contributed by atoms with van der Waals surface area (Å²) in [5, 5.41) is 0. The normalized spacial score (nSPS) is 34.4. The molecule has 5 heteroatoms. The second-order valence-electron chi connectivity index (χ2n) is 11.8. The fourth-order valence-corrected chi connectivity index (χ4v) is 8.32. The Balaban J connectivity index is 1.64. The maximum atomic E-state index is 13.0. The SMILES string of the molecule is C[C@]12CC[C@@H]3c4ccc(O[Si](C)(C)C)cc4CC[C@H]3[C@@H]1C(O[Si](C)(C)C)CC2=O. The number of ketones is 1. The first-order valence-electron chi connectivity index (χ1n) is 11.4. The first kappa shape index (κ1) is 21.3. The molecule has 0 N–H and O–H groups in total. The molecule has 0 aromatic heterocycles. The van der Waals surface area contributed by atoms with Gasteiger partial charge in [0.2, 0.25) is 8.32 Å². The molecule has 1 aromatic rings. The molecule has 160 valence electrons. The van der Waals surface area contributed by atoms with E-state index in [9.17, 15) is 4.79 Å². The summed E-state index contributed by atoms with van der Waals surface area (Å²) in [6.45, 7) is 15.7. The predicted octanol–water partition coefficient (Wildman–Crippen LogP) is 6.16. The molecule has 4 rings (SSSR count). The molecule has 0 heterocycles. The van der Waals surface area contributed by atoms with Gasteiger partial charge in [0, 0.05) is 11.8 Å². The Kier molecular flexibility index (Phi) is 5.19. The average molecular weight is 431 g/mol. The minimum Gasteiger partial charge on any atom is -0.544 e. The lowest BCUT2D eigenvalue weighted by molar-refractivity contribution is -0.129. The van der Waals surface area contributed by atoms with Crippen molar-refractivity contribution in [3.63, 3.8) is 0 Å². The number of Topliss-reactive ketones (excluding diaryl/α,β-unsaturated/α-hetero) is 1. The highest BCUT2D eigenvalue weighted by Gasteiger charge is 2.59. The number of rotatable bonds is 4. The molecule has 2 saturated carbocycles. The lowest BCUT2D eigenvalue weighted by Crippen LogP contribution is -2.47. The molecule has 29 heavy (non-hydrogen) atoms. The molecule has 3 aliphatic carbocycles. The van der Waals surface area contributed by atoms with Crippen LogP contribution in [0.2, 0.25) is 39.3 Å². The predicted molar refractivity (Wildman–Crippen MR) is 124 cm³/mol. The van der Waals surface area contributed by atoms with E-state index in [1.165, 1.54) is 17.5 Å². The summed E-state index contributed by atoms with van der Waals surface area (Å²) in [4.78, 5) is 13.0. The van der Waals surface area contributed by atoms with Crippen LogP contribution >= 0.6 is 0 Å². The lowest BCUT2D eigenvalue weighted by Gasteiger charge is -2.50. The molecule has 0 saturated heterocycles. The van der Waals surface area contributed by atoms with Gasteiger partial charge < -0.3 is 8.85 Å². The zero-order chi connectivity index (χ0) is 21.2.